The summed E-state index contributed by atoms with van der Waals surface area (Å²) in [7, 11) is -3.85. The summed E-state index contributed by atoms with van der Waals surface area (Å²) in [5.74, 6) is 0.404. The van der Waals surface area contributed by atoms with E-state index in [9.17, 15) is 18.0 Å². The van der Waals surface area contributed by atoms with Crippen LogP contribution in [0.5, 0.6) is 5.75 Å². The molecule has 3 aliphatic rings. The van der Waals surface area contributed by atoms with E-state index in [2.05, 4.69) is 5.32 Å². The van der Waals surface area contributed by atoms with Gasteiger partial charge in [-0.25, -0.2) is 8.42 Å². The molecule has 2 amide bonds. The fourth-order valence-corrected chi connectivity index (χ4v) is 7.15. The van der Waals surface area contributed by atoms with E-state index < -0.39 is 15.9 Å². The lowest BCUT2D eigenvalue weighted by Gasteiger charge is -2.36. The number of aryl methyl sites for hydroxylation is 1. The van der Waals surface area contributed by atoms with Gasteiger partial charge in [0.2, 0.25) is 15.9 Å². The first-order chi connectivity index (χ1) is 16.8. The zero-order valence-electron chi connectivity index (χ0n) is 19.9. The van der Waals surface area contributed by atoms with Crippen molar-refractivity contribution in [1.29, 1.82) is 0 Å². The summed E-state index contributed by atoms with van der Waals surface area (Å²) in [6, 6.07) is 6.95. The molecule has 3 heterocycles. The number of fused-ring (bicyclic) bond motifs is 1. The lowest BCUT2D eigenvalue weighted by molar-refractivity contribution is -0.140. The molecule has 5 rings (SSSR count). The Hall–Kier alpha value is -2.85. The number of anilines is 1. The van der Waals surface area contributed by atoms with Crippen LogP contribution in [0.1, 0.15) is 49.8 Å². The molecule has 1 aliphatic carbocycles. The van der Waals surface area contributed by atoms with Crippen LogP contribution in [0.2, 0.25) is 0 Å². The molecular formula is C25H31N3O6S. The second-order valence-corrected chi connectivity index (χ2v) is 11.5. The van der Waals surface area contributed by atoms with Crippen molar-refractivity contribution in [3.05, 3.63) is 41.9 Å². The monoisotopic (exact) mass is 501 g/mol. The second-order valence-electron chi connectivity index (χ2n) is 9.64. The van der Waals surface area contributed by atoms with Gasteiger partial charge in [0.05, 0.1) is 29.3 Å². The Bertz CT molecular complexity index is 1200. The first-order valence-corrected chi connectivity index (χ1v) is 13.7. The smallest absolute Gasteiger partial charge is 0.262 e. The number of benzene rings is 1. The number of hydrogen-bond acceptors (Lipinski definition) is 6. The average molecular weight is 502 g/mol. The van der Waals surface area contributed by atoms with Gasteiger partial charge >= 0.3 is 0 Å². The summed E-state index contributed by atoms with van der Waals surface area (Å²) in [5, 5.41) is 2.71. The SMILES string of the molecule is Cc1cc2c(cc1S(=O)(=O)N1CCC[C@H](C(=O)N(Cc3ccco3)C3CCCC3)C1)OCC(=O)N2. The van der Waals surface area contributed by atoms with Gasteiger partial charge in [0.1, 0.15) is 11.5 Å². The summed E-state index contributed by atoms with van der Waals surface area (Å²) in [4.78, 5) is 27.4. The maximum absolute atomic E-state index is 13.7. The van der Waals surface area contributed by atoms with Crippen LogP contribution in [0.15, 0.2) is 39.8 Å². The number of nitrogens with one attached hydrogen (secondary N) is 1. The maximum Gasteiger partial charge on any atom is 0.262 e. The number of carbonyl (C=O) groups is 2. The third kappa shape index (κ3) is 4.81. The number of amides is 2. The number of sulfonamides is 1. The van der Waals surface area contributed by atoms with Crippen molar-refractivity contribution in [2.24, 2.45) is 5.92 Å². The normalized spacial score (nSPS) is 21.3. The fraction of sp³-hybridized carbons (Fsp3) is 0.520. The second kappa shape index (κ2) is 9.66. The molecule has 10 heteroatoms. The van der Waals surface area contributed by atoms with Gasteiger partial charge in [-0.1, -0.05) is 12.8 Å². The molecule has 1 saturated carbocycles. The number of ether oxygens (including phenoxy) is 1. The van der Waals surface area contributed by atoms with Crippen LogP contribution in [-0.2, 0) is 26.2 Å². The van der Waals surface area contributed by atoms with Gasteiger partial charge in [0.15, 0.2) is 6.61 Å². The molecule has 1 atom stereocenters. The van der Waals surface area contributed by atoms with Crippen molar-refractivity contribution in [3.63, 3.8) is 0 Å². The van der Waals surface area contributed by atoms with Crippen LogP contribution in [0.25, 0.3) is 0 Å². The molecule has 9 nitrogen and oxygen atoms in total. The first kappa shape index (κ1) is 23.9. The van der Waals surface area contributed by atoms with Crippen LogP contribution in [0.4, 0.5) is 5.69 Å². The molecule has 2 aliphatic heterocycles. The quantitative estimate of drug-likeness (QED) is 0.651. The van der Waals surface area contributed by atoms with Crippen molar-refractivity contribution in [2.75, 3.05) is 25.0 Å². The Morgan fingerprint density at radius 2 is 2.00 bits per heavy atom. The Morgan fingerprint density at radius 1 is 1.20 bits per heavy atom. The Balaban J connectivity index is 1.37. The van der Waals surface area contributed by atoms with E-state index in [4.69, 9.17) is 9.15 Å². The first-order valence-electron chi connectivity index (χ1n) is 12.2. The van der Waals surface area contributed by atoms with Crippen LogP contribution in [-0.4, -0.2) is 55.2 Å². The van der Waals surface area contributed by atoms with E-state index >= 15 is 0 Å². The Morgan fingerprint density at radius 3 is 2.74 bits per heavy atom. The molecular weight excluding hydrogens is 470 g/mol. The molecule has 2 aromatic rings. The fourth-order valence-electron chi connectivity index (χ4n) is 5.40. The van der Waals surface area contributed by atoms with Crippen LogP contribution in [0, 0.1) is 12.8 Å². The van der Waals surface area contributed by atoms with Gasteiger partial charge in [-0.3, -0.25) is 9.59 Å². The highest BCUT2D eigenvalue weighted by Gasteiger charge is 2.38. The lowest BCUT2D eigenvalue weighted by atomic mass is 9.97. The molecule has 35 heavy (non-hydrogen) atoms. The zero-order valence-corrected chi connectivity index (χ0v) is 20.7. The molecule has 0 radical (unpaired) electrons. The topological polar surface area (TPSA) is 109 Å². The molecule has 188 valence electrons. The number of piperidine rings is 1. The summed E-state index contributed by atoms with van der Waals surface area (Å²) in [5.41, 5.74) is 0.989. The van der Waals surface area contributed by atoms with Gasteiger partial charge in [-0.2, -0.15) is 4.31 Å². The maximum atomic E-state index is 13.7. The van der Waals surface area contributed by atoms with Gasteiger partial charge in [0.25, 0.3) is 5.91 Å². The highest BCUT2D eigenvalue weighted by molar-refractivity contribution is 7.89. The third-order valence-electron chi connectivity index (χ3n) is 7.22. The van der Waals surface area contributed by atoms with Crippen molar-refractivity contribution >= 4 is 27.5 Å². The summed E-state index contributed by atoms with van der Waals surface area (Å²) >= 11 is 0. The Kier molecular flexibility index (Phi) is 6.59. The van der Waals surface area contributed by atoms with Crippen molar-refractivity contribution < 1.29 is 27.2 Å². The van der Waals surface area contributed by atoms with E-state index in [1.165, 1.54) is 10.4 Å². The molecule has 2 fully saturated rings. The molecule has 0 spiro atoms. The molecule has 1 N–H and O–H groups in total. The van der Waals surface area contributed by atoms with E-state index in [0.29, 0.717) is 42.9 Å². The van der Waals surface area contributed by atoms with Crippen LogP contribution >= 0.6 is 0 Å². The minimum absolute atomic E-state index is 0.00130. The summed E-state index contributed by atoms with van der Waals surface area (Å²) in [6.07, 6.45) is 7.00. The van der Waals surface area contributed by atoms with Crippen molar-refractivity contribution in [2.45, 2.75) is 62.9 Å². The Labute approximate surface area is 205 Å². The average Bonchev–Trinajstić information content (AvgIpc) is 3.56. The largest absolute Gasteiger partial charge is 0.482 e. The summed E-state index contributed by atoms with van der Waals surface area (Å²) in [6.45, 7) is 2.47. The standard InChI is InChI=1S/C25H31N3O6S/c1-17-12-21-22(34-16-24(29)26-21)13-23(17)35(31,32)27-10-4-6-18(14-27)25(30)28(19-7-2-3-8-19)15-20-9-5-11-33-20/h5,9,11-13,18-19H,2-4,6-8,10,14-16H2,1H3,(H,26,29)/t18-/m0/s1. The van der Waals surface area contributed by atoms with Gasteiger partial charge in [-0.15, -0.1) is 0 Å². The van der Waals surface area contributed by atoms with Gasteiger partial charge in [-0.05, 0) is 56.4 Å². The number of nitrogens with zero attached hydrogens (tertiary/aromatic N) is 2. The third-order valence-corrected chi connectivity index (χ3v) is 9.22. The number of carbonyl (C=O) groups excluding carboxylic acids is 2. The van der Waals surface area contributed by atoms with Crippen molar-refractivity contribution in [3.8, 4) is 5.75 Å². The number of hydrogen-bond donors (Lipinski definition) is 1. The minimum Gasteiger partial charge on any atom is -0.482 e. The van der Waals surface area contributed by atoms with Crippen molar-refractivity contribution in [1.82, 2.24) is 9.21 Å². The van der Waals surface area contributed by atoms with E-state index in [1.807, 2.05) is 17.0 Å². The summed E-state index contributed by atoms with van der Waals surface area (Å²) < 4.78 is 39.7. The van der Waals surface area contributed by atoms with E-state index in [1.54, 1.807) is 19.3 Å². The highest BCUT2D eigenvalue weighted by Crippen LogP contribution is 2.36. The predicted octanol–water partition coefficient (Wildman–Crippen LogP) is 3.29. The minimum atomic E-state index is -3.85. The van der Waals surface area contributed by atoms with Crippen LogP contribution in [0.3, 0.4) is 0 Å². The number of furan rings is 1. The molecule has 1 aromatic heterocycles. The molecule has 1 aromatic carbocycles. The predicted molar refractivity (Wildman–Crippen MR) is 128 cm³/mol. The molecule has 0 unspecified atom stereocenters. The van der Waals surface area contributed by atoms with Crippen LogP contribution < -0.4 is 10.1 Å². The molecule has 1 saturated heterocycles. The lowest BCUT2D eigenvalue weighted by Crippen LogP contribution is -2.48. The van der Waals surface area contributed by atoms with Gasteiger partial charge in [0, 0.05) is 25.2 Å². The highest BCUT2D eigenvalue weighted by atomic mass is 32.2. The zero-order chi connectivity index (χ0) is 24.6. The molecule has 0 bridgehead atoms. The van der Waals surface area contributed by atoms with E-state index in [-0.39, 0.29) is 35.9 Å². The number of rotatable bonds is 6. The van der Waals surface area contributed by atoms with E-state index in [0.717, 1.165) is 31.4 Å². The van der Waals surface area contributed by atoms with Gasteiger partial charge < -0.3 is 19.4 Å².